The van der Waals surface area contributed by atoms with E-state index in [2.05, 4.69) is 10.3 Å². The molecule has 0 spiro atoms. The minimum absolute atomic E-state index is 0.121. The second-order valence-corrected chi connectivity index (χ2v) is 6.81. The van der Waals surface area contributed by atoms with Crippen LogP contribution in [-0.2, 0) is 11.0 Å². The first-order valence-electron chi connectivity index (χ1n) is 9.08. The van der Waals surface area contributed by atoms with Gasteiger partial charge in [-0.1, -0.05) is 6.07 Å². The first kappa shape index (κ1) is 19.8. The second kappa shape index (κ2) is 7.40. The van der Waals surface area contributed by atoms with Crippen molar-refractivity contribution >= 4 is 11.7 Å². The third kappa shape index (κ3) is 3.47. The molecule has 0 fully saturated rings. The summed E-state index contributed by atoms with van der Waals surface area (Å²) in [5.74, 6) is 0.781. The molecule has 2 heterocycles. The number of rotatable bonds is 4. The lowest BCUT2D eigenvalue weighted by Crippen LogP contribution is -2.25. The van der Waals surface area contributed by atoms with E-state index in [1.807, 2.05) is 0 Å². The van der Waals surface area contributed by atoms with Crippen LogP contribution in [0.15, 0.2) is 48.8 Å². The minimum Gasteiger partial charge on any atom is -0.497 e. The van der Waals surface area contributed by atoms with Crippen molar-refractivity contribution in [2.45, 2.75) is 18.5 Å². The quantitative estimate of drug-likeness (QED) is 0.684. The summed E-state index contributed by atoms with van der Waals surface area (Å²) in [4.78, 5) is 16.9. The summed E-state index contributed by atoms with van der Waals surface area (Å²) in [5.41, 5.74) is 0.716. The second-order valence-electron chi connectivity index (χ2n) is 6.81. The molecule has 1 unspecified atom stereocenters. The van der Waals surface area contributed by atoms with E-state index in [9.17, 15) is 18.0 Å². The molecule has 6 nitrogen and oxygen atoms in total. The number of hydrogen-bond acceptors (Lipinski definition) is 4. The zero-order valence-corrected chi connectivity index (χ0v) is 16.2. The van der Waals surface area contributed by atoms with Crippen LogP contribution in [0.25, 0.3) is 5.69 Å². The van der Waals surface area contributed by atoms with E-state index in [0.717, 1.165) is 12.1 Å². The number of carbonyl (C=O) groups excluding carboxylic acids is 1. The highest BCUT2D eigenvalue weighted by Crippen LogP contribution is 2.42. The van der Waals surface area contributed by atoms with Crippen molar-refractivity contribution in [1.82, 2.24) is 9.55 Å². The van der Waals surface area contributed by atoms with Crippen molar-refractivity contribution in [2.75, 3.05) is 19.5 Å². The number of benzene rings is 2. The number of anilines is 1. The van der Waals surface area contributed by atoms with E-state index in [1.54, 1.807) is 18.2 Å². The standard InChI is InChI=1S/C21H18F3N3O3/c1-29-14-6-7-17(30-2)15(9-14)16-10-18(28)26-20-19(16)25-11-27(20)13-5-3-4-12(8-13)21(22,23)24/h3-9,11,16H,10H2,1-2H3,(H,26,28). The monoisotopic (exact) mass is 417 g/mol. The molecule has 0 radical (unpaired) electrons. The first-order valence-corrected chi connectivity index (χ1v) is 9.08. The molecule has 30 heavy (non-hydrogen) atoms. The van der Waals surface area contributed by atoms with Crippen LogP contribution in [0.5, 0.6) is 11.5 Å². The molecule has 9 heteroatoms. The molecule has 1 amide bonds. The molecule has 1 aliphatic heterocycles. The highest BCUT2D eigenvalue weighted by molar-refractivity contribution is 5.94. The number of nitrogens with zero attached hydrogens (tertiary/aromatic N) is 2. The maximum Gasteiger partial charge on any atom is 0.416 e. The molecule has 0 aliphatic carbocycles. The summed E-state index contributed by atoms with van der Waals surface area (Å²) < 4.78 is 51.6. The van der Waals surface area contributed by atoms with Gasteiger partial charge in [0.2, 0.25) is 5.91 Å². The SMILES string of the molecule is COc1ccc(OC)c(C2CC(=O)Nc3c2ncn3-c2cccc(C(F)(F)F)c2)c1. The first-order chi connectivity index (χ1) is 14.3. The van der Waals surface area contributed by atoms with Crippen LogP contribution in [-0.4, -0.2) is 29.7 Å². The molecule has 1 N–H and O–H groups in total. The number of amides is 1. The van der Waals surface area contributed by atoms with E-state index in [4.69, 9.17) is 9.47 Å². The Labute approximate surface area is 170 Å². The van der Waals surface area contributed by atoms with Gasteiger partial charge in [-0.05, 0) is 36.4 Å². The molecule has 1 atom stereocenters. The Hall–Kier alpha value is -3.49. The van der Waals surface area contributed by atoms with Gasteiger partial charge in [-0.2, -0.15) is 13.2 Å². The highest BCUT2D eigenvalue weighted by atomic mass is 19.4. The predicted octanol–water partition coefficient (Wildman–Crippen LogP) is 4.38. The van der Waals surface area contributed by atoms with Crippen molar-refractivity contribution in [3.8, 4) is 17.2 Å². The number of imidazole rings is 1. The lowest BCUT2D eigenvalue weighted by atomic mass is 9.89. The van der Waals surface area contributed by atoms with Gasteiger partial charge >= 0.3 is 6.18 Å². The molecule has 3 aromatic rings. The predicted molar refractivity (Wildman–Crippen MR) is 103 cm³/mol. The Balaban J connectivity index is 1.83. The zero-order valence-electron chi connectivity index (χ0n) is 16.2. The summed E-state index contributed by atoms with van der Waals surface area (Å²) in [6, 6.07) is 10.1. The van der Waals surface area contributed by atoms with Gasteiger partial charge in [0.1, 0.15) is 23.6 Å². The van der Waals surface area contributed by atoms with Gasteiger partial charge < -0.3 is 14.8 Å². The van der Waals surface area contributed by atoms with Crippen LogP contribution in [0, 0.1) is 0 Å². The molecule has 0 saturated carbocycles. The Morgan fingerprint density at radius 1 is 1.13 bits per heavy atom. The fourth-order valence-corrected chi connectivity index (χ4v) is 3.60. The molecule has 156 valence electrons. The molecular formula is C21H18F3N3O3. The van der Waals surface area contributed by atoms with Gasteiger partial charge in [0, 0.05) is 23.6 Å². The molecular weight excluding hydrogens is 399 g/mol. The Morgan fingerprint density at radius 3 is 2.63 bits per heavy atom. The van der Waals surface area contributed by atoms with Crippen LogP contribution in [0.4, 0.5) is 19.0 Å². The largest absolute Gasteiger partial charge is 0.497 e. The number of nitrogens with one attached hydrogen (secondary N) is 1. The Morgan fingerprint density at radius 2 is 1.93 bits per heavy atom. The summed E-state index contributed by atoms with van der Waals surface area (Å²) in [6.07, 6.45) is -2.95. The molecule has 1 aliphatic rings. The van der Waals surface area contributed by atoms with Crippen molar-refractivity contribution in [3.63, 3.8) is 0 Å². The summed E-state index contributed by atoms with van der Waals surface area (Å²) in [6.45, 7) is 0. The summed E-state index contributed by atoms with van der Waals surface area (Å²) >= 11 is 0. The number of ether oxygens (including phenoxy) is 2. The summed E-state index contributed by atoms with van der Waals surface area (Å²) in [7, 11) is 3.06. The average Bonchev–Trinajstić information content (AvgIpc) is 3.16. The van der Waals surface area contributed by atoms with E-state index < -0.39 is 17.7 Å². The Bertz CT molecular complexity index is 1110. The van der Waals surface area contributed by atoms with Gasteiger partial charge in [-0.25, -0.2) is 4.98 Å². The highest BCUT2D eigenvalue weighted by Gasteiger charge is 2.34. The van der Waals surface area contributed by atoms with Crippen molar-refractivity contribution < 1.29 is 27.4 Å². The maximum atomic E-state index is 13.1. The number of aromatic nitrogens is 2. The van der Waals surface area contributed by atoms with E-state index in [-0.39, 0.29) is 18.0 Å². The molecule has 0 saturated heterocycles. The number of halogens is 3. The third-order valence-corrected chi connectivity index (χ3v) is 5.04. The van der Waals surface area contributed by atoms with E-state index in [0.29, 0.717) is 28.6 Å². The Kier molecular flexibility index (Phi) is 4.89. The number of carbonyl (C=O) groups is 1. The van der Waals surface area contributed by atoms with E-state index in [1.165, 1.54) is 37.2 Å². The number of alkyl halides is 3. The van der Waals surface area contributed by atoms with Crippen molar-refractivity contribution in [2.24, 2.45) is 0 Å². The van der Waals surface area contributed by atoms with Crippen LogP contribution < -0.4 is 14.8 Å². The lowest BCUT2D eigenvalue weighted by molar-refractivity contribution is -0.137. The van der Waals surface area contributed by atoms with Crippen LogP contribution in [0.3, 0.4) is 0 Å². The van der Waals surface area contributed by atoms with Gasteiger partial charge in [-0.15, -0.1) is 0 Å². The number of hydrogen-bond donors (Lipinski definition) is 1. The smallest absolute Gasteiger partial charge is 0.416 e. The fourth-order valence-electron chi connectivity index (χ4n) is 3.60. The maximum absolute atomic E-state index is 13.1. The van der Waals surface area contributed by atoms with Crippen LogP contribution in [0.2, 0.25) is 0 Å². The van der Waals surface area contributed by atoms with Gasteiger partial charge in [0.05, 0.1) is 25.5 Å². The van der Waals surface area contributed by atoms with Gasteiger partial charge in [0.25, 0.3) is 0 Å². The molecule has 2 aromatic carbocycles. The molecule has 0 bridgehead atoms. The third-order valence-electron chi connectivity index (χ3n) is 5.04. The van der Waals surface area contributed by atoms with Crippen LogP contribution >= 0.6 is 0 Å². The fraction of sp³-hybridized carbons (Fsp3) is 0.238. The number of methoxy groups -OCH3 is 2. The minimum atomic E-state index is -4.48. The zero-order chi connectivity index (χ0) is 21.5. The van der Waals surface area contributed by atoms with Crippen molar-refractivity contribution in [1.29, 1.82) is 0 Å². The van der Waals surface area contributed by atoms with Crippen molar-refractivity contribution in [3.05, 3.63) is 65.6 Å². The van der Waals surface area contributed by atoms with Gasteiger partial charge in [0.15, 0.2) is 0 Å². The lowest BCUT2D eigenvalue weighted by Gasteiger charge is -2.25. The van der Waals surface area contributed by atoms with E-state index >= 15 is 0 Å². The molecule has 4 rings (SSSR count). The molecule has 1 aromatic heterocycles. The number of fused-ring (bicyclic) bond motifs is 1. The average molecular weight is 417 g/mol. The van der Waals surface area contributed by atoms with Gasteiger partial charge in [-0.3, -0.25) is 9.36 Å². The topological polar surface area (TPSA) is 65.4 Å². The van der Waals surface area contributed by atoms with Crippen LogP contribution in [0.1, 0.15) is 29.2 Å². The normalized spacial score (nSPS) is 16.0. The summed E-state index contributed by atoms with van der Waals surface area (Å²) in [5, 5.41) is 2.74.